The number of aryl methyl sites for hydroxylation is 2. The van der Waals surface area contributed by atoms with Crippen LogP contribution in [0.15, 0.2) is 31.8 Å². The van der Waals surface area contributed by atoms with Crippen LogP contribution in [0.2, 0.25) is 0 Å². The van der Waals surface area contributed by atoms with Gasteiger partial charge in [-0.3, -0.25) is 23.3 Å². The fraction of sp³-hybridized carbons (Fsp3) is 0.250. The van der Waals surface area contributed by atoms with E-state index in [1.807, 2.05) is 24.5 Å². The van der Waals surface area contributed by atoms with E-state index < -0.39 is 22.6 Å². The zero-order chi connectivity index (χ0) is 22.3. The van der Waals surface area contributed by atoms with Gasteiger partial charge in [-0.1, -0.05) is 5.16 Å². The third-order valence-corrected chi connectivity index (χ3v) is 4.92. The van der Waals surface area contributed by atoms with E-state index in [0.29, 0.717) is 17.1 Å². The van der Waals surface area contributed by atoms with E-state index in [1.165, 1.54) is 20.2 Å². The van der Waals surface area contributed by atoms with Gasteiger partial charge in [0.05, 0.1) is 0 Å². The molecule has 0 aliphatic rings. The summed E-state index contributed by atoms with van der Waals surface area (Å²) in [5.74, 6) is 0.0673. The second-order valence-corrected chi connectivity index (χ2v) is 6.92. The molecule has 0 aliphatic heterocycles. The summed E-state index contributed by atoms with van der Waals surface area (Å²) >= 11 is 0. The summed E-state index contributed by atoms with van der Waals surface area (Å²) in [6.07, 6.45) is 1.39. The Morgan fingerprint density at radius 3 is 2.43 bits per heavy atom. The molecule has 0 bridgehead atoms. The lowest BCUT2D eigenvalue weighted by Crippen LogP contribution is -2.41. The third kappa shape index (κ3) is 3.16. The van der Waals surface area contributed by atoms with Crippen molar-refractivity contribution in [2.75, 3.05) is 5.73 Å². The summed E-state index contributed by atoms with van der Waals surface area (Å²) in [7, 11) is 2.58. The number of hydrogen-bond donors (Lipinski definition) is 1. The predicted octanol–water partition coefficient (Wildman–Crippen LogP) is 1.16. The minimum atomic E-state index is -0.856. The Hall–Kier alpha value is -4.13. The quantitative estimate of drug-likeness (QED) is 0.388. The smallest absolute Gasteiger partial charge is 0.332 e. The van der Waals surface area contributed by atoms with Crippen LogP contribution < -0.4 is 17.0 Å². The number of nitrogens with two attached hydrogens (primary N) is 1. The van der Waals surface area contributed by atoms with Gasteiger partial charge in [0.1, 0.15) is 28.8 Å². The number of Topliss-reactive ketones (excluding diaryl/α,β-unsaturated/α-hetero) is 1. The maximum absolute atomic E-state index is 13.0. The van der Waals surface area contributed by atoms with Gasteiger partial charge in [0.2, 0.25) is 5.78 Å². The second kappa shape index (κ2) is 7.36. The minimum Gasteiger partial charge on any atom is -0.384 e. The van der Waals surface area contributed by atoms with E-state index in [4.69, 9.17) is 10.3 Å². The number of ketones is 1. The Balaban J connectivity index is 2.15. The Labute approximate surface area is 171 Å². The fourth-order valence-electron chi connectivity index (χ4n) is 3.26. The molecule has 0 saturated heterocycles. The summed E-state index contributed by atoms with van der Waals surface area (Å²) < 4.78 is 8.71. The topological polar surface area (TPSA) is 142 Å². The maximum Gasteiger partial charge on any atom is 0.332 e. The molecular weight excluding hydrogens is 388 g/mol. The van der Waals surface area contributed by atoms with Crippen molar-refractivity contribution in [3.63, 3.8) is 0 Å². The number of anilines is 1. The molecular formula is C20H20N6O4. The Bertz CT molecular complexity index is 1370. The van der Waals surface area contributed by atoms with Gasteiger partial charge < -0.3 is 10.3 Å². The van der Waals surface area contributed by atoms with Gasteiger partial charge in [-0.05, 0) is 38.5 Å². The predicted molar refractivity (Wildman–Crippen MR) is 109 cm³/mol. The number of nitrogens with zero attached hydrogens (tertiary/aromatic N) is 5. The lowest BCUT2D eigenvalue weighted by molar-refractivity contribution is 0.103. The zero-order valence-electron chi connectivity index (χ0n) is 17.2. The van der Waals surface area contributed by atoms with Gasteiger partial charge >= 0.3 is 5.69 Å². The first-order chi connectivity index (χ1) is 14.1. The van der Waals surface area contributed by atoms with Crippen LogP contribution in [0.5, 0.6) is 0 Å². The highest BCUT2D eigenvalue weighted by molar-refractivity contribution is 6.16. The molecule has 3 heterocycles. The van der Waals surface area contributed by atoms with Crippen LogP contribution >= 0.6 is 0 Å². The molecule has 0 aromatic carbocycles. The number of nitrogen functional groups attached to an aromatic ring is 1. The van der Waals surface area contributed by atoms with E-state index in [1.54, 1.807) is 19.1 Å². The fourth-order valence-corrected chi connectivity index (χ4v) is 3.26. The monoisotopic (exact) mass is 408 g/mol. The summed E-state index contributed by atoms with van der Waals surface area (Å²) in [6.45, 7) is 5.43. The molecule has 0 aliphatic carbocycles. The van der Waals surface area contributed by atoms with Crippen LogP contribution in [0, 0.1) is 32.1 Å². The molecule has 0 radical (unpaired) electrons. The highest BCUT2D eigenvalue weighted by Gasteiger charge is 2.24. The number of carbonyl (C=O) groups is 1. The van der Waals surface area contributed by atoms with Crippen LogP contribution in [-0.4, -0.2) is 24.6 Å². The Kier molecular flexibility index (Phi) is 5.06. The van der Waals surface area contributed by atoms with Crippen molar-refractivity contribution in [1.82, 2.24) is 18.9 Å². The Morgan fingerprint density at radius 1 is 1.20 bits per heavy atom. The summed E-state index contributed by atoms with van der Waals surface area (Å²) in [4.78, 5) is 37.4. The van der Waals surface area contributed by atoms with E-state index in [-0.39, 0.29) is 11.4 Å². The molecule has 10 heteroatoms. The van der Waals surface area contributed by atoms with Gasteiger partial charge in [0.25, 0.3) is 5.56 Å². The van der Waals surface area contributed by atoms with Crippen LogP contribution in [0.1, 0.15) is 33.1 Å². The van der Waals surface area contributed by atoms with Crippen molar-refractivity contribution in [3.05, 3.63) is 66.8 Å². The highest BCUT2D eigenvalue weighted by Crippen LogP contribution is 2.23. The van der Waals surface area contributed by atoms with Crippen molar-refractivity contribution in [3.8, 4) is 11.9 Å². The SMILES string of the molecule is Cc1cc(-n2c(C)cc(/C=C(\C#N)C(=O)c3c(N)n(C)c(=O)n(C)c3=O)c2C)no1. The lowest BCUT2D eigenvalue weighted by Gasteiger charge is -2.10. The number of hydrogen-bond acceptors (Lipinski definition) is 7. The van der Waals surface area contributed by atoms with E-state index >= 15 is 0 Å². The normalized spacial score (nSPS) is 11.5. The molecule has 0 atom stereocenters. The first-order valence-corrected chi connectivity index (χ1v) is 8.93. The van der Waals surface area contributed by atoms with Crippen molar-refractivity contribution in [1.29, 1.82) is 5.26 Å². The first-order valence-electron chi connectivity index (χ1n) is 8.93. The van der Waals surface area contributed by atoms with Gasteiger partial charge in [0, 0.05) is 31.5 Å². The summed E-state index contributed by atoms with van der Waals surface area (Å²) in [5.41, 5.74) is 5.75. The molecule has 0 spiro atoms. The molecule has 0 unspecified atom stereocenters. The third-order valence-electron chi connectivity index (χ3n) is 4.92. The van der Waals surface area contributed by atoms with Crippen LogP contribution in [0.4, 0.5) is 5.82 Å². The van der Waals surface area contributed by atoms with Gasteiger partial charge in [-0.25, -0.2) is 4.79 Å². The van der Waals surface area contributed by atoms with Crippen molar-refractivity contribution >= 4 is 17.7 Å². The summed E-state index contributed by atoms with van der Waals surface area (Å²) in [6, 6.07) is 5.38. The molecule has 3 aromatic rings. The van der Waals surface area contributed by atoms with E-state index in [9.17, 15) is 19.6 Å². The molecule has 0 saturated carbocycles. The van der Waals surface area contributed by atoms with E-state index in [2.05, 4.69) is 5.16 Å². The maximum atomic E-state index is 13.0. The number of carbonyl (C=O) groups excluding carboxylic acids is 1. The largest absolute Gasteiger partial charge is 0.384 e. The van der Waals surface area contributed by atoms with Gasteiger partial charge in [0.15, 0.2) is 5.82 Å². The second-order valence-electron chi connectivity index (χ2n) is 6.92. The average Bonchev–Trinajstić information content (AvgIpc) is 3.24. The summed E-state index contributed by atoms with van der Waals surface area (Å²) in [5, 5.41) is 13.6. The molecule has 3 aromatic heterocycles. The molecule has 2 N–H and O–H groups in total. The zero-order valence-corrected chi connectivity index (χ0v) is 17.2. The number of nitriles is 1. The standard InChI is InChI=1S/C20H20N6O4/c1-10-6-13(12(3)26(10)15-7-11(2)30-23-15)8-14(9-21)17(27)16-18(22)24(4)20(29)25(5)19(16)28/h6-8H,22H2,1-5H3/b14-8+. The number of rotatable bonds is 4. The van der Waals surface area contributed by atoms with Crippen molar-refractivity contribution in [2.24, 2.45) is 14.1 Å². The Morgan fingerprint density at radius 2 is 1.87 bits per heavy atom. The van der Waals surface area contributed by atoms with Crippen molar-refractivity contribution in [2.45, 2.75) is 20.8 Å². The number of aromatic nitrogens is 4. The molecule has 10 nitrogen and oxygen atoms in total. The molecule has 30 heavy (non-hydrogen) atoms. The lowest BCUT2D eigenvalue weighted by atomic mass is 10.0. The first kappa shape index (κ1) is 20.6. The van der Waals surface area contributed by atoms with Gasteiger partial charge in [-0.2, -0.15) is 5.26 Å². The molecule has 154 valence electrons. The minimum absolute atomic E-state index is 0.283. The molecule has 0 amide bonds. The van der Waals surface area contributed by atoms with E-state index in [0.717, 1.165) is 20.5 Å². The van der Waals surface area contributed by atoms with Crippen LogP contribution in [0.3, 0.4) is 0 Å². The average molecular weight is 408 g/mol. The van der Waals surface area contributed by atoms with Crippen LogP contribution in [0.25, 0.3) is 11.9 Å². The molecule has 0 fully saturated rings. The van der Waals surface area contributed by atoms with Crippen molar-refractivity contribution < 1.29 is 9.32 Å². The van der Waals surface area contributed by atoms with Crippen LogP contribution in [-0.2, 0) is 14.1 Å². The van der Waals surface area contributed by atoms with Gasteiger partial charge in [-0.15, -0.1) is 0 Å². The highest BCUT2D eigenvalue weighted by atomic mass is 16.5. The molecule has 3 rings (SSSR count). The number of allylic oxidation sites excluding steroid dienone is 1.